The summed E-state index contributed by atoms with van der Waals surface area (Å²) in [5.74, 6) is 0. The zero-order valence-corrected chi connectivity index (χ0v) is 15.7. The maximum atomic E-state index is 12.9. The molecule has 1 aromatic carbocycles. The normalized spacial score (nSPS) is 25.1. The third-order valence-electron chi connectivity index (χ3n) is 5.69. The molecule has 0 unspecified atom stereocenters. The SMILES string of the molecule is Cc1ccccc1C1(NC(=O)N2CCC[C@](CO)(CN(C)C)C2)CC1. The molecule has 5 heteroatoms. The molecule has 5 nitrogen and oxygen atoms in total. The van der Waals surface area contributed by atoms with Gasteiger partial charge in [-0.3, -0.25) is 0 Å². The highest BCUT2D eigenvalue weighted by Crippen LogP contribution is 2.47. The average Bonchev–Trinajstić information content (AvgIpc) is 3.35. The number of aliphatic hydroxyl groups is 1. The standard InChI is InChI=1S/C20H31N3O2/c1-16-7-4-5-8-17(16)20(10-11-20)21-18(25)23-12-6-9-19(14-23,15-24)13-22(2)3/h4-5,7-8,24H,6,9-15H2,1-3H3,(H,21,25)/t19-/m0/s1. The molecule has 1 heterocycles. The number of rotatable bonds is 5. The third kappa shape index (κ3) is 3.82. The summed E-state index contributed by atoms with van der Waals surface area (Å²) in [6, 6.07) is 8.33. The molecule has 2 aliphatic rings. The van der Waals surface area contributed by atoms with E-state index in [1.54, 1.807) is 0 Å². The van der Waals surface area contributed by atoms with Crippen molar-refractivity contribution < 1.29 is 9.90 Å². The third-order valence-corrected chi connectivity index (χ3v) is 5.69. The summed E-state index contributed by atoms with van der Waals surface area (Å²) in [5, 5.41) is 13.3. The second-order valence-corrected chi connectivity index (χ2v) is 8.25. The van der Waals surface area contributed by atoms with Crippen LogP contribution in [-0.2, 0) is 5.54 Å². The van der Waals surface area contributed by atoms with Crippen LogP contribution < -0.4 is 5.32 Å². The van der Waals surface area contributed by atoms with Crippen LogP contribution in [0.15, 0.2) is 24.3 Å². The number of amides is 2. The van der Waals surface area contributed by atoms with Gasteiger partial charge in [-0.2, -0.15) is 0 Å². The molecule has 2 N–H and O–H groups in total. The van der Waals surface area contributed by atoms with E-state index in [9.17, 15) is 9.90 Å². The second kappa shape index (κ2) is 6.96. The molecule has 1 aliphatic heterocycles. The molecule has 138 valence electrons. The van der Waals surface area contributed by atoms with Crippen LogP contribution in [0.25, 0.3) is 0 Å². The van der Waals surface area contributed by atoms with Crippen LogP contribution in [0.2, 0.25) is 0 Å². The number of aryl methyl sites for hydroxylation is 1. The van der Waals surface area contributed by atoms with E-state index in [2.05, 4.69) is 29.3 Å². The number of nitrogens with one attached hydrogen (secondary N) is 1. The smallest absolute Gasteiger partial charge is 0.318 e. The van der Waals surface area contributed by atoms with Gasteiger partial charge in [0.05, 0.1) is 12.1 Å². The van der Waals surface area contributed by atoms with Crippen LogP contribution in [-0.4, -0.2) is 61.3 Å². The van der Waals surface area contributed by atoms with E-state index >= 15 is 0 Å². The van der Waals surface area contributed by atoms with Gasteiger partial charge in [0.15, 0.2) is 0 Å². The van der Waals surface area contributed by atoms with Gasteiger partial charge in [0.1, 0.15) is 0 Å². The van der Waals surface area contributed by atoms with E-state index in [0.717, 1.165) is 38.8 Å². The molecule has 0 bridgehead atoms. The van der Waals surface area contributed by atoms with Crippen molar-refractivity contribution >= 4 is 6.03 Å². The van der Waals surface area contributed by atoms with Crippen LogP contribution >= 0.6 is 0 Å². The molecule has 0 aromatic heterocycles. The van der Waals surface area contributed by atoms with Crippen molar-refractivity contribution in [3.8, 4) is 0 Å². The monoisotopic (exact) mass is 345 g/mol. The van der Waals surface area contributed by atoms with E-state index in [1.165, 1.54) is 11.1 Å². The minimum atomic E-state index is -0.210. The summed E-state index contributed by atoms with van der Waals surface area (Å²) in [6.45, 7) is 4.42. The first kappa shape index (κ1) is 18.2. The number of urea groups is 1. The lowest BCUT2D eigenvalue weighted by Gasteiger charge is -2.43. The molecule has 1 aliphatic carbocycles. The molecule has 25 heavy (non-hydrogen) atoms. The maximum Gasteiger partial charge on any atom is 0.318 e. The first-order valence-electron chi connectivity index (χ1n) is 9.29. The highest BCUT2D eigenvalue weighted by atomic mass is 16.3. The fourth-order valence-corrected chi connectivity index (χ4v) is 4.34. The molecule has 0 radical (unpaired) electrons. The molecular formula is C20H31N3O2. The van der Waals surface area contributed by atoms with Gasteiger partial charge >= 0.3 is 6.03 Å². The highest BCUT2D eigenvalue weighted by Gasteiger charge is 2.48. The summed E-state index contributed by atoms with van der Waals surface area (Å²) in [7, 11) is 4.04. The van der Waals surface area contributed by atoms with Crippen LogP contribution in [0.1, 0.15) is 36.8 Å². The van der Waals surface area contributed by atoms with Gasteiger partial charge in [0.25, 0.3) is 0 Å². The van der Waals surface area contributed by atoms with Gasteiger partial charge < -0.3 is 20.2 Å². The van der Waals surface area contributed by atoms with Gasteiger partial charge in [-0.05, 0) is 57.8 Å². The number of aliphatic hydroxyl groups excluding tert-OH is 1. The van der Waals surface area contributed by atoms with Gasteiger partial charge in [-0.25, -0.2) is 4.79 Å². The maximum absolute atomic E-state index is 12.9. The predicted molar refractivity (Wildman–Crippen MR) is 99.5 cm³/mol. The number of likely N-dealkylation sites (tertiary alicyclic amines) is 1. The van der Waals surface area contributed by atoms with Crippen molar-refractivity contribution in [1.82, 2.24) is 15.1 Å². The molecule has 2 fully saturated rings. The van der Waals surface area contributed by atoms with Gasteiger partial charge in [-0.15, -0.1) is 0 Å². The largest absolute Gasteiger partial charge is 0.396 e. The molecular weight excluding hydrogens is 314 g/mol. The minimum Gasteiger partial charge on any atom is -0.396 e. The fraction of sp³-hybridized carbons (Fsp3) is 0.650. The second-order valence-electron chi connectivity index (χ2n) is 8.25. The highest BCUT2D eigenvalue weighted by molar-refractivity contribution is 5.76. The summed E-state index contributed by atoms with van der Waals surface area (Å²) in [6.07, 6.45) is 3.91. The van der Waals surface area contributed by atoms with E-state index in [-0.39, 0.29) is 23.6 Å². The number of hydrogen-bond acceptors (Lipinski definition) is 3. The Labute approximate surface area is 151 Å². The van der Waals surface area contributed by atoms with Crippen LogP contribution in [0.3, 0.4) is 0 Å². The average molecular weight is 345 g/mol. The molecule has 1 saturated carbocycles. The van der Waals surface area contributed by atoms with E-state index in [0.29, 0.717) is 6.54 Å². The first-order chi connectivity index (χ1) is 11.9. The van der Waals surface area contributed by atoms with Gasteiger partial charge in [-0.1, -0.05) is 24.3 Å². The topological polar surface area (TPSA) is 55.8 Å². The lowest BCUT2D eigenvalue weighted by molar-refractivity contribution is 0.0265. The minimum absolute atomic E-state index is 0.0111. The Bertz CT molecular complexity index is 627. The molecule has 1 atom stereocenters. The lowest BCUT2D eigenvalue weighted by Crippen LogP contribution is -2.55. The Kier molecular flexibility index (Phi) is 5.07. The molecule has 2 amide bonds. The molecule has 0 spiro atoms. The summed E-state index contributed by atoms with van der Waals surface area (Å²) >= 11 is 0. The van der Waals surface area contributed by atoms with Crippen molar-refractivity contribution in [1.29, 1.82) is 0 Å². The van der Waals surface area contributed by atoms with Gasteiger partial charge in [0.2, 0.25) is 0 Å². The quantitative estimate of drug-likeness (QED) is 0.861. The van der Waals surface area contributed by atoms with Crippen molar-refractivity contribution in [3.63, 3.8) is 0 Å². The van der Waals surface area contributed by atoms with Crippen molar-refractivity contribution in [2.45, 2.75) is 38.1 Å². The van der Waals surface area contributed by atoms with Gasteiger partial charge in [0, 0.05) is 25.0 Å². The Balaban J connectivity index is 1.70. The van der Waals surface area contributed by atoms with Crippen molar-refractivity contribution in [2.24, 2.45) is 5.41 Å². The van der Waals surface area contributed by atoms with Crippen molar-refractivity contribution in [2.75, 3.05) is 40.3 Å². The van der Waals surface area contributed by atoms with Crippen molar-refractivity contribution in [3.05, 3.63) is 35.4 Å². The number of carbonyl (C=O) groups is 1. The Hall–Kier alpha value is -1.59. The molecule has 3 rings (SSSR count). The van der Waals surface area contributed by atoms with E-state index in [4.69, 9.17) is 0 Å². The summed E-state index contributed by atoms with van der Waals surface area (Å²) in [5.41, 5.74) is 2.07. The Morgan fingerprint density at radius 3 is 2.60 bits per heavy atom. The van der Waals surface area contributed by atoms with Crippen LogP contribution in [0, 0.1) is 12.3 Å². The lowest BCUT2D eigenvalue weighted by atomic mass is 9.80. The number of nitrogens with zero attached hydrogens (tertiary/aromatic N) is 2. The number of benzene rings is 1. The van der Waals surface area contributed by atoms with Crippen LogP contribution in [0.5, 0.6) is 0 Å². The fourth-order valence-electron chi connectivity index (χ4n) is 4.34. The van der Waals surface area contributed by atoms with E-state index < -0.39 is 0 Å². The number of piperidine rings is 1. The summed E-state index contributed by atoms with van der Waals surface area (Å²) in [4.78, 5) is 17.0. The molecule has 1 aromatic rings. The zero-order valence-electron chi connectivity index (χ0n) is 15.7. The first-order valence-corrected chi connectivity index (χ1v) is 9.29. The summed E-state index contributed by atoms with van der Waals surface area (Å²) < 4.78 is 0. The Morgan fingerprint density at radius 2 is 2.00 bits per heavy atom. The molecule has 1 saturated heterocycles. The number of carbonyl (C=O) groups excluding carboxylic acids is 1. The van der Waals surface area contributed by atoms with Crippen LogP contribution in [0.4, 0.5) is 4.79 Å². The van der Waals surface area contributed by atoms with E-state index in [1.807, 2.05) is 31.1 Å². The zero-order chi connectivity index (χ0) is 18.1. The Morgan fingerprint density at radius 1 is 1.28 bits per heavy atom. The predicted octanol–water partition coefficient (Wildman–Crippen LogP) is 2.33. The number of hydrogen-bond donors (Lipinski definition) is 2.